The molecule has 0 radical (unpaired) electrons. The predicted octanol–water partition coefficient (Wildman–Crippen LogP) is 1.87. The van der Waals surface area contributed by atoms with Gasteiger partial charge >= 0.3 is 5.97 Å². The van der Waals surface area contributed by atoms with Crippen LogP contribution in [0.3, 0.4) is 0 Å². The molecular formula is C14H16N2O3. The molecule has 2 rings (SSSR count). The zero-order valence-corrected chi connectivity index (χ0v) is 10.8. The molecule has 1 aliphatic heterocycles. The highest BCUT2D eigenvalue weighted by Gasteiger charge is 2.22. The number of hydrogen-bond donors (Lipinski definition) is 1. The first-order valence-corrected chi connectivity index (χ1v) is 6.21. The molecule has 5 heteroatoms. The lowest BCUT2D eigenvalue weighted by Gasteiger charge is -2.34. The van der Waals surface area contributed by atoms with Gasteiger partial charge in [0.05, 0.1) is 22.9 Å². The van der Waals surface area contributed by atoms with Crippen molar-refractivity contribution in [3.63, 3.8) is 0 Å². The number of carboxylic acids is 1. The van der Waals surface area contributed by atoms with Crippen LogP contribution in [0.4, 0.5) is 5.69 Å². The maximum Gasteiger partial charge on any atom is 0.335 e. The van der Waals surface area contributed by atoms with Gasteiger partial charge in [-0.05, 0) is 31.0 Å². The van der Waals surface area contributed by atoms with E-state index in [0.717, 1.165) is 31.6 Å². The van der Waals surface area contributed by atoms with Crippen molar-refractivity contribution < 1.29 is 14.6 Å². The molecule has 0 bridgehead atoms. The summed E-state index contributed by atoms with van der Waals surface area (Å²) in [5.74, 6) is -1.02. The Balaban J connectivity index is 2.29. The Bertz CT molecular complexity index is 522. The minimum atomic E-state index is -1.02. The van der Waals surface area contributed by atoms with Gasteiger partial charge in [0.25, 0.3) is 0 Å². The predicted molar refractivity (Wildman–Crippen MR) is 70.4 cm³/mol. The number of methoxy groups -OCH3 is 1. The van der Waals surface area contributed by atoms with Crippen LogP contribution >= 0.6 is 0 Å². The largest absolute Gasteiger partial charge is 0.478 e. The molecule has 1 saturated heterocycles. The van der Waals surface area contributed by atoms with E-state index in [1.165, 1.54) is 12.1 Å². The molecule has 5 nitrogen and oxygen atoms in total. The first-order chi connectivity index (χ1) is 9.15. The number of piperidine rings is 1. The van der Waals surface area contributed by atoms with Crippen molar-refractivity contribution in [3.8, 4) is 6.07 Å². The van der Waals surface area contributed by atoms with Gasteiger partial charge in [0, 0.05) is 20.2 Å². The fourth-order valence-corrected chi connectivity index (χ4v) is 2.38. The molecule has 0 saturated carbocycles. The fraction of sp³-hybridized carbons (Fsp3) is 0.429. The average molecular weight is 260 g/mol. The first-order valence-electron chi connectivity index (χ1n) is 6.21. The maximum atomic E-state index is 10.9. The number of hydrogen-bond acceptors (Lipinski definition) is 4. The van der Waals surface area contributed by atoms with Crippen LogP contribution in [0.1, 0.15) is 28.8 Å². The quantitative estimate of drug-likeness (QED) is 0.898. The summed E-state index contributed by atoms with van der Waals surface area (Å²) in [6, 6.07) is 6.74. The third-order valence-corrected chi connectivity index (χ3v) is 3.42. The number of carbonyl (C=O) groups is 1. The van der Waals surface area contributed by atoms with Crippen LogP contribution in [0.15, 0.2) is 18.2 Å². The van der Waals surface area contributed by atoms with Crippen molar-refractivity contribution >= 4 is 11.7 Å². The second-order valence-electron chi connectivity index (χ2n) is 4.59. The molecule has 0 spiro atoms. The van der Waals surface area contributed by atoms with E-state index >= 15 is 0 Å². The second kappa shape index (κ2) is 5.72. The number of anilines is 1. The third-order valence-electron chi connectivity index (χ3n) is 3.42. The zero-order chi connectivity index (χ0) is 13.8. The Morgan fingerprint density at radius 2 is 2.37 bits per heavy atom. The van der Waals surface area contributed by atoms with Crippen LogP contribution in [0.25, 0.3) is 0 Å². The molecule has 19 heavy (non-hydrogen) atoms. The molecular weight excluding hydrogens is 244 g/mol. The number of nitriles is 1. The number of aromatic carboxylic acids is 1. The van der Waals surface area contributed by atoms with E-state index in [2.05, 4.69) is 11.0 Å². The maximum absolute atomic E-state index is 10.9. The second-order valence-corrected chi connectivity index (χ2v) is 4.59. The van der Waals surface area contributed by atoms with Gasteiger partial charge in [0.1, 0.15) is 6.07 Å². The van der Waals surface area contributed by atoms with Gasteiger partial charge in [-0.25, -0.2) is 4.79 Å². The lowest BCUT2D eigenvalue weighted by Crippen LogP contribution is -2.39. The Hall–Kier alpha value is -2.06. The Morgan fingerprint density at radius 3 is 3.00 bits per heavy atom. The van der Waals surface area contributed by atoms with E-state index in [4.69, 9.17) is 9.84 Å². The van der Waals surface area contributed by atoms with Gasteiger partial charge in [0.15, 0.2) is 0 Å². The van der Waals surface area contributed by atoms with Crippen LogP contribution in [0.5, 0.6) is 0 Å². The summed E-state index contributed by atoms with van der Waals surface area (Å²) < 4.78 is 5.36. The minimum absolute atomic E-state index is 0.139. The van der Waals surface area contributed by atoms with E-state index in [0.29, 0.717) is 5.56 Å². The van der Waals surface area contributed by atoms with Gasteiger partial charge in [-0.2, -0.15) is 5.26 Å². The van der Waals surface area contributed by atoms with Crippen LogP contribution in [0, 0.1) is 11.3 Å². The minimum Gasteiger partial charge on any atom is -0.478 e. The average Bonchev–Trinajstić information content (AvgIpc) is 2.46. The summed E-state index contributed by atoms with van der Waals surface area (Å²) in [4.78, 5) is 13.0. The summed E-state index contributed by atoms with van der Waals surface area (Å²) in [6.45, 7) is 1.60. The molecule has 1 N–H and O–H groups in total. The molecule has 1 atom stereocenters. The van der Waals surface area contributed by atoms with E-state index < -0.39 is 5.97 Å². The number of benzene rings is 1. The summed E-state index contributed by atoms with van der Waals surface area (Å²) in [6.07, 6.45) is 2.19. The van der Waals surface area contributed by atoms with Crippen molar-refractivity contribution in [1.29, 1.82) is 5.26 Å². The number of carboxylic acid groups (broad SMARTS) is 1. The molecule has 1 unspecified atom stereocenters. The Kier molecular flexibility index (Phi) is 4.03. The van der Waals surface area contributed by atoms with Crippen molar-refractivity contribution in [3.05, 3.63) is 29.3 Å². The van der Waals surface area contributed by atoms with E-state index in [1.807, 2.05) is 0 Å². The van der Waals surface area contributed by atoms with Gasteiger partial charge in [0.2, 0.25) is 0 Å². The smallest absolute Gasteiger partial charge is 0.335 e. The van der Waals surface area contributed by atoms with Gasteiger partial charge in [-0.15, -0.1) is 0 Å². The van der Waals surface area contributed by atoms with Crippen LogP contribution in [-0.4, -0.2) is 37.4 Å². The van der Waals surface area contributed by atoms with E-state index in [1.54, 1.807) is 13.2 Å². The molecule has 100 valence electrons. The highest BCUT2D eigenvalue weighted by molar-refractivity contribution is 5.89. The standard InChI is InChI=1S/C14H16N2O3/c1-19-12-3-2-6-16(9-12)13-5-4-10(14(17)18)7-11(13)8-15/h4-5,7,12H,2-3,6,9H2,1H3,(H,17,18). The summed E-state index contributed by atoms with van der Waals surface area (Å²) >= 11 is 0. The van der Waals surface area contributed by atoms with Crippen LogP contribution in [-0.2, 0) is 4.74 Å². The van der Waals surface area contributed by atoms with Gasteiger partial charge in [-0.3, -0.25) is 0 Å². The number of ether oxygens (including phenoxy) is 1. The number of nitrogens with zero attached hydrogens (tertiary/aromatic N) is 2. The van der Waals surface area contributed by atoms with Crippen molar-refractivity contribution in [2.24, 2.45) is 0 Å². The summed E-state index contributed by atoms with van der Waals surface area (Å²) in [7, 11) is 1.69. The first kappa shape index (κ1) is 13.4. The number of rotatable bonds is 3. The topological polar surface area (TPSA) is 73.6 Å². The SMILES string of the molecule is COC1CCCN(c2ccc(C(=O)O)cc2C#N)C1. The Morgan fingerprint density at radius 1 is 1.58 bits per heavy atom. The zero-order valence-electron chi connectivity index (χ0n) is 10.8. The van der Waals surface area contributed by atoms with Crippen LogP contribution in [0.2, 0.25) is 0 Å². The molecule has 0 aliphatic carbocycles. The summed E-state index contributed by atoms with van der Waals surface area (Å²) in [5.41, 5.74) is 1.33. The molecule has 0 aromatic heterocycles. The molecule has 1 aromatic carbocycles. The van der Waals surface area contributed by atoms with Crippen molar-refractivity contribution in [2.75, 3.05) is 25.1 Å². The molecule has 1 aromatic rings. The monoisotopic (exact) mass is 260 g/mol. The lowest BCUT2D eigenvalue weighted by atomic mass is 10.0. The Labute approximate surface area is 112 Å². The molecule has 1 aliphatic rings. The summed E-state index contributed by atoms with van der Waals surface area (Å²) in [5, 5.41) is 18.1. The lowest BCUT2D eigenvalue weighted by molar-refractivity contribution is 0.0696. The highest BCUT2D eigenvalue weighted by atomic mass is 16.5. The third kappa shape index (κ3) is 2.85. The van der Waals surface area contributed by atoms with Crippen molar-refractivity contribution in [2.45, 2.75) is 18.9 Å². The van der Waals surface area contributed by atoms with Gasteiger partial charge < -0.3 is 14.7 Å². The normalized spacial score (nSPS) is 18.9. The van der Waals surface area contributed by atoms with Crippen molar-refractivity contribution in [1.82, 2.24) is 0 Å². The highest BCUT2D eigenvalue weighted by Crippen LogP contribution is 2.25. The van der Waals surface area contributed by atoms with Gasteiger partial charge in [-0.1, -0.05) is 0 Å². The molecule has 1 heterocycles. The van der Waals surface area contributed by atoms with Crippen LogP contribution < -0.4 is 4.90 Å². The molecule has 0 amide bonds. The fourth-order valence-electron chi connectivity index (χ4n) is 2.38. The van der Waals surface area contributed by atoms with E-state index in [-0.39, 0.29) is 11.7 Å². The molecule has 1 fully saturated rings. The van der Waals surface area contributed by atoms with E-state index in [9.17, 15) is 10.1 Å².